The number of para-hydroxylation sites is 1. The zero-order chi connectivity index (χ0) is 28.1. The lowest BCUT2D eigenvalue weighted by atomic mass is 10.2. The maximum absolute atomic E-state index is 13.5. The molecule has 0 aliphatic carbocycles. The van der Waals surface area contributed by atoms with Gasteiger partial charge in [0.05, 0.1) is 24.2 Å². The molecule has 5 rings (SSSR count). The number of nitrogens with one attached hydrogen (secondary N) is 1. The molecule has 0 atom stereocenters. The van der Waals surface area contributed by atoms with E-state index in [0.717, 1.165) is 5.56 Å². The van der Waals surface area contributed by atoms with Gasteiger partial charge in [-0.05, 0) is 48.5 Å². The van der Waals surface area contributed by atoms with Gasteiger partial charge < -0.3 is 14.8 Å². The highest BCUT2D eigenvalue weighted by atomic mass is 79.9. The monoisotopic (exact) mass is 616 g/mol. The van der Waals surface area contributed by atoms with Crippen molar-refractivity contribution in [1.82, 2.24) is 9.66 Å². The van der Waals surface area contributed by atoms with Gasteiger partial charge in [0.2, 0.25) is 0 Å². The first kappa shape index (κ1) is 27.1. The van der Waals surface area contributed by atoms with Crippen LogP contribution in [-0.2, 0) is 4.79 Å². The highest BCUT2D eigenvalue weighted by molar-refractivity contribution is 9.10. The van der Waals surface area contributed by atoms with Crippen molar-refractivity contribution in [2.24, 2.45) is 5.10 Å². The normalized spacial score (nSPS) is 11.1. The van der Waals surface area contributed by atoms with E-state index in [1.807, 2.05) is 36.4 Å². The first-order valence-electron chi connectivity index (χ1n) is 12.1. The molecule has 5 aromatic rings. The molecule has 1 amide bonds. The Morgan fingerprint density at radius 3 is 2.52 bits per heavy atom. The van der Waals surface area contributed by atoms with Crippen LogP contribution in [0.25, 0.3) is 22.3 Å². The highest BCUT2D eigenvalue weighted by Crippen LogP contribution is 2.34. The molecule has 40 heavy (non-hydrogen) atoms. The topological polar surface area (TPSA) is 94.8 Å². The van der Waals surface area contributed by atoms with Crippen molar-refractivity contribution in [3.8, 4) is 22.9 Å². The summed E-state index contributed by atoms with van der Waals surface area (Å²) < 4.78 is 13.4. The lowest BCUT2D eigenvalue weighted by Gasteiger charge is -2.14. The average Bonchev–Trinajstić information content (AvgIpc) is 2.97. The summed E-state index contributed by atoms with van der Waals surface area (Å²) in [5.74, 6) is 0.662. The second-order valence-electron chi connectivity index (χ2n) is 8.55. The van der Waals surface area contributed by atoms with Gasteiger partial charge in [0, 0.05) is 26.3 Å². The minimum absolute atomic E-state index is 0.281. The summed E-state index contributed by atoms with van der Waals surface area (Å²) in [6.45, 7) is -0.297. The van der Waals surface area contributed by atoms with Crippen LogP contribution in [0.5, 0.6) is 11.5 Å². The van der Waals surface area contributed by atoms with Crippen molar-refractivity contribution < 1.29 is 14.3 Å². The number of benzene rings is 4. The predicted octanol–water partition coefficient (Wildman–Crippen LogP) is 6.39. The molecular weight excluding hydrogens is 596 g/mol. The van der Waals surface area contributed by atoms with Crippen LogP contribution >= 0.6 is 27.5 Å². The van der Waals surface area contributed by atoms with Crippen LogP contribution in [0.2, 0.25) is 5.02 Å². The fourth-order valence-corrected chi connectivity index (χ4v) is 4.56. The lowest BCUT2D eigenvalue weighted by molar-refractivity contribution is -0.118. The third-order valence-electron chi connectivity index (χ3n) is 5.84. The van der Waals surface area contributed by atoms with E-state index in [1.165, 1.54) is 18.0 Å². The van der Waals surface area contributed by atoms with Gasteiger partial charge in [0.1, 0.15) is 0 Å². The zero-order valence-electron chi connectivity index (χ0n) is 21.2. The van der Waals surface area contributed by atoms with Crippen molar-refractivity contribution in [3.63, 3.8) is 0 Å². The van der Waals surface area contributed by atoms with E-state index < -0.39 is 0 Å². The molecular formula is C30H22BrClN4O4. The minimum atomic E-state index is -0.378. The van der Waals surface area contributed by atoms with Gasteiger partial charge in [0.15, 0.2) is 23.9 Å². The molecule has 0 spiro atoms. The summed E-state index contributed by atoms with van der Waals surface area (Å²) in [4.78, 5) is 30.8. The fourth-order valence-electron chi connectivity index (χ4n) is 3.98. The smallest absolute Gasteiger partial charge is 0.282 e. The Bertz CT molecular complexity index is 1770. The Morgan fingerprint density at radius 1 is 1.05 bits per heavy atom. The molecule has 0 aliphatic heterocycles. The quantitative estimate of drug-likeness (QED) is 0.204. The molecule has 1 aromatic heterocycles. The van der Waals surface area contributed by atoms with Crippen LogP contribution in [0.15, 0.2) is 105 Å². The molecule has 0 bridgehead atoms. The molecule has 1 N–H and O–H groups in total. The summed E-state index contributed by atoms with van der Waals surface area (Å²) >= 11 is 9.39. The highest BCUT2D eigenvalue weighted by Gasteiger charge is 2.16. The number of hydrogen-bond acceptors (Lipinski definition) is 6. The molecule has 0 saturated carbocycles. The van der Waals surface area contributed by atoms with Crippen molar-refractivity contribution in [2.45, 2.75) is 0 Å². The van der Waals surface area contributed by atoms with E-state index >= 15 is 0 Å². The van der Waals surface area contributed by atoms with Gasteiger partial charge in [0.25, 0.3) is 11.5 Å². The van der Waals surface area contributed by atoms with Crippen molar-refractivity contribution in [2.75, 3.05) is 19.0 Å². The third-order valence-corrected chi connectivity index (χ3v) is 6.55. The number of methoxy groups -OCH3 is 1. The maximum Gasteiger partial charge on any atom is 0.282 e. The third kappa shape index (κ3) is 6.06. The number of carbonyl (C=O) groups excluding carboxylic acids is 1. The Hall–Kier alpha value is -4.47. The Kier molecular flexibility index (Phi) is 8.23. The first-order chi connectivity index (χ1) is 19.4. The summed E-state index contributed by atoms with van der Waals surface area (Å²) in [5.41, 5.74) is 2.03. The van der Waals surface area contributed by atoms with Gasteiger partial charge in [-0.15, -0.1) is 0 Å². The van der Waals surface area contributed by atoms with E-state index in [1.54, 1.807) is 54.6 Å². The van der Waals surface area contributed by atoms with E-state index in [4.69, 9.17) is 26.1 Å². The average molecular weight is 618 g/mol. The molecule has 1 heterocycles. The molecule has 0 radical (unpaired) electrons. The van der Waals surface area contributed by atoms with Gasteiger partial charge in [-0.1, -0.05) is 70.0 Å². The molecule has 0 unspecified atom stereocenters. The maximum atomic E-state index is 13.5. The van der Waals surface area contributed by atoms with Gasteiger partial charge in [-0.3, -0.25) is 9.59 Å². The second-order valence-corrected chi connectivity index (χ2v) is 9.90. The number of halogens is 2. The van der Waals surface area contributed by atoms with Crippen LogP contribution < -0.4 is 20.3 Å². The molecule has 8 nitrogen and oxygen atoms in total. The number of ether oxygens (including phenoxy) is 2. The molecule has 0 saturated heterocycles. The predicted molar refractivity (Wildman–Crippen MR) is 161 cm³/mol. The summed E-state index contributed by atoms with van der Waals surface area (Å²) in [6.07, 6.45) is 1.48. The van der Waals surface area contributed by atoms with Crippen LogP contribution in [-0.4, -0.2) is 35.5 Å². The van der Waals surface area contributed by atoms with Crippen LogP contribution in [0.1, 0.15) is 5.56 Å². The first-order valence-corrected chi connectivity index (χ1v) is 13.3. The Labute approximate surface area is 243 Å². The number of nitrogens with zero attached hydrogens (tertiary/aromatic N) is 3. The van der Waals surface area contributed by atoms with Crippen LogP contribution in [0.3, 0.4) is 0 Å². The molecule has 200 valence electrons. The number of amides is 1. The van der Waals surface area contributed by atoms with E-state index in [0.29, 0.717) is 43.2 Å². The van der Waals surface area contributed by atoms with Gasteiger partial charge in [-0.25, -0.2) is 4.98 Å². The van der Waals surface area contributed by atoms with E-state index in [2.05, 4.69) is 26.3 Å². The second kappa shape index (κ2) is 12.1. The van der Waals surface area contributed by atoms with Crippen molar-refractivity contribution in [1.29, 1.82) is 0 Å². The minimum Gasteiger partial charge on any atom is -0.493 e. The summed E-state index contributed by atoms with van der Waals surface area (Å²) in [7, 11) is 1.49. The number of aromatic nitrogens is 2. The molecule has 0 fully saturated rings. The zero-order valence-corrected chi connectivity index (χ0v) is 23.5. The SMILES string of the molecule is COc1cc(Br)cc(C=Nn2c(-c3ccccc3)nc3ccccc3c2=O)c1OCC(=O)Nc1ccc(Cl)cc1. The Balaban J connectivity index is 1.51. The molecule has 0 aliphatic rings. The molecule has 4 aromatic carbocycles. The molecule has 10 heteroatoms. The number of rotatable bonds is 8. The fraction of sp³-hybridized carbons (Fsp3) is 0.0667. The van der Waals surface area contributed by atoms with Gasteiger partial charge in [-0.2, -0.15) is 9.78 Å². The standard InChI is InChI=1S/C30H22BrClN4O4/c1-39-26-16-21(31)15-20(28(26)40-18-27(37)34-23-13-11-22(32)12-14-23)17-33-36-29(19-7-3-2-4-8-19)35-25-10-6-5-9-24(25)30(36)38/h2-17H,18H2,1H3,(H,34,37). The number of carbonyl (C=O) groups is 1. The summed E-state index contributed by atoms with van der Waals surface area (Å²) in [5, 5.41) is 8.28. The van der Waals surface area contributed by atoms with E-state index in [-0.39, 0.29) is 23.8 Å². The largest absolute Gasteiger partial charge is 0.493 e. The van der Waals surface area contributed by atoms with Crippen LogP contribution in [0, 0.1) is 0 Å². The van der Waals surface area contributed by atoms with Crippen molar-refractivity contribution in [3.05, 3.63) is 116 Å². The van der Waals surface area contributed by atoms with Gasteiger partial charge >= 0.3 is 0 Å². The summed E-state index contributed by atoms with van der Waals surface area (Å²) in [6, 6.07) is 26.6. The lowest BCUT2D eigenvalue weighted by Crippen LogP contribution is -2.21. The number of hydrogen-bond donors (Lipinski definition) is 1. The van der Waals surface area contributed by atoms with Crippen molar-refractivity contribution >= 4 is 56.2 Å². The van der Waals surface area contributed by atoms with Crippen LogP contribution in [0.4, 0.5) is 5.69 Å². The van der Waals surface area contributed by atoms with E-state index in [9.17, 15) is 9.59 Å². The number of anilines is 1. The Morgan fingerprint density at radius 2 is 1.77 bits per heavy atom. The number of fused-ring (bicyclic) bond motifs is 1.